The summed E-state index contributed by atoms with van der Waals surface area (Å²) in [6.45, 7) is 7.69. The summed E-state index contributed by atoms with van der Waals surface area (Å²) in [5, 5.41) is 0.446. The van der Waals surface area contributed by atoms with Gasteiger partial charge in [-0.2, -0.15) is 0 Å². The molecule has 4 nitrogen and oxygen atoms in total. The number of carbonyl (C=O) groups is 1. The van der Waals surface area contributed by atoms with Gasteiger partial charge >= 0.3 is 16.5 Å². The second-order valence-corrected chi connectivity index (χ2v) is 7.67. The van der Waals surface area contributed by atoms with Crippen molar-refractivity contribution < 1.29 is 18.4 Å². The average Bonchev–Trinajstić information content (AvgIpc) is 2.56. The second-order valence-electron chi connectivity index (χ2n) is 5.38. The van der Waals surface area contributed by atoms with Crippen LogP contribution in [0.1, 0.15) is 34.0 Å². The van der Waals surface area contributed by atoms with E-state index in [-0.39, 0.29) is 6.61 Å². The zero-order valence-corrected chi connectivity index (χ0v) is 16.5. The van der Waals surface area contributed by atoms with E-state index in [2.05, 4.69) is 0 Å². The van der Waals surface area contributed by atoms with E-state index in [1.54, 1.807) is 31.2 Å². The van der Waals surface area contributed by atoms with Crippen molar-refractivity contribution in [2.45, 2.75) is 27.7 Å². The molecule has 2 rings (SSSR count). The highest BCUT2D eigenvalue weighted by Crippen LogP contribution is 2.49. The Morgan fingerprint density at radius 2 is 1.54 bits per heavy atom. The molecule has 2 aromatic rings. The van der Waals surface area contributed by atoms with Crippen LogP contribution in [0.2, 0.25) is 0 Å². The first-order valence-electron chi connectivity index (χ1n) is 7.56. The molecule has 0 amide bonds. The molecule has 2 unspecified atom stereocenters. The zero-order chi connectivity index (χ0) is 18.3. The molecule has 0 aliphatic carbocycles. The monoisotopic (exact) mass is 365 g/mol. The van der Waals surface area contributed by atoms with Crippen molar-refractivity contribution in [2.24, 2.45) is 0 Å². The molecule has 0 aliphatic heterocycles. The highest BCUT2D eigenvalue weighted by molar-refractivity contribution is 7.83. The van der Waals surface area contributed by atoms with Crippen molar-refractivity contribution in [2.75, 3.05) is 6.61 Å². The molecule has 24 heavy (non-hydrogen) atoms. The Labute approximate surface area is 145 Å². The van der Waals surface area contributed by atoms with E-state index in [0.717, 1.165) is 16.7 Å². The fourth-order valence-corrected chi connectivity index (χ4v) is 4.80. The van der Waals surface area contributed by atoms with Crippen molar-refractivity contribution in [3.8, 4) is 0 Å². The molecule has 0 radical (unpaired) electrons. The van der Waals surface area contributed by atoms with E-state index in [9.17, 15) is 9.36 Å². The second kappa shape index (κ2) is 9.03. The number of carbonyl (C=O) groups excluding carboxylic acids is 1. The van der Waals surface area contributed by atoms with Crippen molar-refractivity contribution >= 4 is 27.3 Å². The summed E-state index contributed by atoms with van der Waals surface area (Å²) < 4.78 is 27.0. The fourth-order valence-electron chi connectivity index (χ4n) is 2.72. The smallest absolute Gasteiger partial charge is 0.310 e. The Morgan fingerprint density at radius 1 is 1.04 bits per heavy atom. The van der Waals surface area contributed by atoms with Crippen LogP contribution in [0.25, 0.3) is 0 Å². The van der Waals surface area contributed by atoms with Gasteiger partial charge in [0.15, 0.2) is 0 Å². The van der Waals surface area contributed by atoms with Crippen LogP contribution in [0.3, 0.4) is 0 Å². The third-order valence-corrected chi connectivity index (χ3v) is 5.92. The fraction of sp³-hybridized carbons (Fsp3) is 0.278. The van der Waals surface area contributed by atoms with E-state index in [1.165, 1.54) is 9.12 Å². The summed E-state index contributed by atoms with van der Waals surface area (Å²) >= 11 is 0. The van der Waals surface area contributed by atoms with Crippen molar-refractivity contribution in [3.05, 3.63) is 64.7 Å². The van der Waals surface area contributed by atoms with Crippen molar-refractivity contribution in [1.82, 2.24) is 0 Å². The van der Waals surface area contributed by atoms with E-state index in [1.807, 2.05) is 39.0 Å². The van der Waals surface area contributed by atoms with E-state index in [4.69, 9.17) is 9.09 Å². The molecule has 0 spiro atoms. The summed E-state index contributed by atoms with van der Waals surface area (Å²) in [6, 6.07) is 12.6. The topological polar surface area (TPSA) is 60.4 Å². The molecule has 0 saturated carbocycles. The normalized spacial score (nSPS) is 12.7. The molecule has 0 saturated heterocycles. The summed E-state index contributed by atoms with van der Waals surface area (Å²) in [5.41, 5.74) is 2.83. The standard InChI is InChI=1S/C18H21O3P.H2OP/c1-5-21-22(20,16-9-7-6-8-10-16)18(19)17-14(3)11-13(2)12-15(17)4;1-2/h6-12H,5H2,1-4H3;2H2/q;+1. The number of aryl methyl sites for hydroxylation is 3. The van der Waals surface area contributed by atoms with Crippen molar-refractivity contribution in [3.63, 3.8) is 0 Å². The number of rotatable bonds is 5. The third kappa shape index (κ3) is 4.27. The predicted octanol–water partition coefficient (Wildman–Crippen LogP) is 4.60. The van der Waals surface area contributed by atoms with Gasteiger partial charge in [-0.15, -0.1) is 0 Å². The largest absolute Gasteiger partial charge is 0.320 e. The Morgan fingerprint density at radius 3 is 2.00 bits per heavy atom. The minimum atomic E-state index is -3.59. The number of benzene rings is 2. The Hall–Kier alpha value is -1.60. The molecular formula is C18H23O4P2+. The van der Waals surface area contributed by atoms with Gasteiger partial charge in [-0.1, -0.05) is 40.5 Å². The minimum absolute atomic E-state index is 0.224. The summed E-state index contributed by atoms with van der Waals surface area (Å²) in [4.78, 5) is 13.0. The van der Waals surface area contributed by atoms with Gasteiger partial charge in [0.2, 0.25) is 0 Å². The van der Waals surface area contributed by atoms with E-state index >= 15 is 0 Å². The predicted molar refractivity (Wildman–Crippen MR) is 101 cm³/mol. The lowest BCUT2D eigenvalue weighted by atomic mass is 10.0. The molecule has 128 valence electrons. The van der Waals surface area contributed by atoms with Crippen LogP contribution in [0.4, 0.5) is 0 Å². The van der Waals surface area contributed by atoms with Gasteiger partial charge in [0.25, 0.3) is 5.52 Å². The lowest BCUT2D eigenvalue weighted by Gasteiger charge is -2.19. The first-order chi connectivity index (χ1) is 11.4. The third-order valence-electron chi connectivity index (χ3n) is 3.57. The molecule has 0 heterocycles. The average molecular weight is 365 g/mol. The van der Waals surface area contributed by atoms with Gasteiger partial charge in [-0.3, -0.25) is 9.36 Å². The Balaban J connectivity index is 0.00000139. The molecule has 0 aromatic heterocycles. The molecular weight excluding hydrogens is 342 g/mol. The quantitative estimate of drug-likeness (QED) is 0.727. The molecule has 0 N–H and O–H groups in total. The minimum Gasteiger partial charge on any atom is -0.320 e. The molecule has 0 aliphatic rings. The molecule has 0 fully saturated rings. The van der Waals surface area contributed by atoms with Gasteiger partial charge in [0, 0.05) is 10.9 Å². The summed E-state index contributed by atoms with van der Waals surface area (Å²) in [7, 11) is -2.43. The van der Waals surface area contributed by atoms with Crippen LogP contribution in [0.15, 0.2) is 42.5 Å². The van der Waals surface area contributed by atoms with Crippen LogP contribution in [0.5, 0.6) is 0 Å². The highest BCUT2D eigenvalue weighted by atomic mass is 31.2. The maximum atomic E-state index is 13.3. The molecule has 0 bridgehead atoms. The highest BCUT2D eigenvalue weighted by Gasteiger charge is 2.37. The maximum Gasteiger partial charge on any atom is 0.310 e. The lowest BCUT2D eigenvalue weighted by Crippen LogP contribution is -2.17. The van der Waals surface area contributed by atoms with Gasteiger partial charge < -0.3 is 4.52 Å². The van der Waals surface area contributed by atoms with Gasteiger partial charge in [-0.25, -0.2) is 0 Å². The van der Waals surface area contributed by atoms with Gasteiger partial charge in [-0.05, 0) is 51.0 Å². The van der Waals surface area contributed by atoms with Crippen LogP contribution in [-0.2, 0) is 13.7 Å². The maximum absolute atomic E-state index is 13.3. The van der Waals surface area contributed by atoms with E-state index < -0.39 is 12.9 Å². The first kappa shape index (κ1) is 20.4. The first-order valence-corrected chi connectivity index (χ1v) is 9.66. The van der Waals surface area contributed by atoms with Crippen LogP contribution in [-0.4, -0.2) is 12.1 Å². The summed E-state index contributed by atoms with van der Waals surface area (Å²) in [6.07, 6.45) is 0. The van der Waals surface area contributed by atoms with Crippen molar-refractivity contribution in [1.29, 1.82) is 0 Å². The number of hydrogen-bond acceptors (Lipinski definition) is 4. The zero-order valence-electron chi connectivity index (χ0n) is 14.4. The van der Waals surface area contributed by atoms with Crippen LogP contribution >= 0.6 is 16.5 Å². The van der Waals surface area contributed by atoms with Gasteiger partial charge in [0.1, 0.15) is 0 Å². The molecule has 6 heteroatoms. The molecule has 2 atom stereocenters. The van der Waals surface area contributed by atoms with Crippen LogP contribution in [0, 0.1) is 20.8 Å². The number of hydrogen-bond donors (Lipinski definition) is 0. The van der Waals surface area contributed by atoms with E-state index in [0.29, 0.717) is 10.9 Å². The van der Waals surface area contributed by atoms with Crippen LogP contribution < -0.4 is 5.30 Å². The lowest BCUT2D eigenvalue weighted by molar-refractivity contribution is 0.105. The molecule has 2 aromatic carbocycles. The SMILES string of the molecule is CCOP(=O)(C(=O)c1c(C)cc(C)cc1C)c1ccccc1.O=[PH2+]. The summed E-state index contributed by atoms with van der Waals surface area (Å²) in [5.74, 6) is 0. The Bertz CT molecular complexity index is 734. The van der Waals surface area contributed by atoms with Gasteiger partial charge in [0.05, 0.1) is 6.61 Å². The Kier molecular flexibility index (Phi) is 7.69.